The van der Waals surface area contributed by atoms with Crippen molar-refractivity contribution in [3.63, 3.8) is 0 Å². The average Bonchev–Trinajstić information content (AvgIpc) is 2.88. The summed E-state index contributed by atoms with van der Waals surface area (Å²) in [5.41, 5.74) is 6.63. The number of nitrogens with two attached hydrogens (primary N) is 1. The molecule has 0 bridgehead atoms. The number of nitrogens with one attached hydrogen (secondary N) is 1. The number of benzene rings is 2. The van der Waals surface area contributed by atoms with Crippen LogP contribution in [0.1, 0.15) is 90.2 Å². The van der Waals surface area contributed by atoms with Crippen LogP contribution in [0.3, 0.4) is 0 Å². The van der Waals surface area contributed by atoms with Gasteiger partial charge < -0.3 is 25.4 Å². The Bertz CT molecular complexity index is 1020. The van der Waals surface area contributed by atoms with Crippen LogP contribution in [0.5, 0.6) is 23.0 Å². The number of unbranched alkanes of at least 4 members (excludes halogenated alkanes) is 2. The quantitative estimate of drug-likeness (QED) is 0.142. The molecule has 0 aromatic heterocycles. The Morgan fingerprint density at radius 2 is 1.27 bits per heavy atom. The first-order valence-corrected chi connectivity index (χ1v) is 13.7. The molecule has 37 heavy (non-hydrogen) atoms. The highest BCUT2D eigenvalue weighted by Crippen LogP contribution is 2.27. The van der Waals surface area contributed by atoms with E-state index in [1.807, 2.05) is 0 Å². The van der Waals surface area contributed by atoms with Crippen molar-refractivity contribution >= 4 is 11.7 Å². The molecule has 2 aromatic rings. The molecule has 0 aliphatic heterocycles. The molecular weight excluding hydrogens is 466 g/mol. The van der Waals surface area contributed by atoms with E-state index >= 15 is 0 Å². The molecule has 2 unspecified atom stereocenters. The molecule has 0 aliphatic carbocycles. The van der Waals surface area contributed by atoms with Gasteiger partial charge in [-0.1, -0.05) is 66.2 Å². The van der Waals surface area contributed by atoms with Crippen molar-refractivity contribution in [2.75, 3.05) is 13.2 Å². The summed E-state index contributed by atoms with van der Waals surface area (Å²) in [7, 11) is 0. The van der Waals surface area contributed by atoms with E-state index in [0.717, 1.165) is 38.5 Å². The summed E-state index contributed by atoms with van der Waals surface area (Å²) in [4.78, 5) is 4.12. The second kappa shape index (κ2) is 15.8. The van der Waals surface area contributed by atoms with Gasteiger partial charge in [0.15, 0.2) is 5.84 Å². The molecule has 0 saturated heterocycles. The van der Waals surface area contributed by atoms with E-state index < -0.39 is 0 Å². The maximum absolute atomic E-state index is 10.5. The zero-order valence-electron chi connectivity index (χ0n) is 22.9. The zero-order chi connectivity index (χ0) is 27.2. The van der Waals surface area contributed by atoms with Crippen LogP contribution in [0, 0.1) is 17.2 Å². The van der Waals surface area contributed by atoms with Crippen LogP contribution < -0.4 is 15.2 Å². The van der Waals surface area contributed by atoms with Crippen molar-refractivity contribution in [3.8, 4) is 23.0 Å². The van der Waals surface area contributed by atoms with Crippen molar-refractivity contribution in [1.82, 2.24) is 0 Å². The van der Waals surface area contributed by atoms with Gasteiger partial charge in [-0.15, -0.1) is 0 Å². The third kappa shape index (κ3) is 9.63. The number of hydrogen-bond acceptors (Lipinski definition) is 5. The van der Waals surface area contributed by atoms with E-state index in [1.54, 1.807) is 24.3 Å². The molecule has 0 fully saturated rings. The van der Waals surface area contributed by atoms with Crippen molar-refractivity contribution in [3.05, 3.63) is 47.5 Å². The number of hydrogen-bond donors (Lipinski definition) is 4. The van der Waals surface area contributed by atoms with Gasteiger partial charge in [-0.3, -0.25) is 5.41 Å². The molecule has 0 amide bonds. The van der Waals surface area contributed by atoms with Crippen molar-refractivity contribution in [2.45, 2.75) is 79.1 Å². The van der Waals surface area contributed by atoms with Gasteiger partial charge in [0.05, 0.1) is 24.3 Å². The van der Waals surface area contributed by atoms with Crippen molar-refractivity contribution < 1.29 is 19.7 Å². The molecule has 0 saturated carbocycles. The average molecular weight is 512 g/mol. The highest BCUT2D eigenvalue weighted by molar-refractivity contribution is 6.11. The van der Waals surface area contributed by atoms with Crippen LogP contribution in [0.25, 0.3) is 0 Å². The second-order valence-corrected chi connectivity index (χ2v) is 9.66. The third-order valence-corrected chi connectivity index (χ3v) is 6.76. The number of nitrogens with zero attached hydrogens (tertiary/aromatic N) is 1. The lowest BCUT2D eigenvalue weighted by molar-refractivity contribution is 0.232. The van der Waals surface area contributed by atoms with E-state index in [2.05, 4.69) is 32.7 Å². The molecule has 0 radical (unpaired) electrons. The molecule has 5 N–H and O–H groups in total. The fourth-order valence-corrected chi connectivity index (χ4v) is 4.08. The molecule has 2 rings (SSSR count). The van der Waals surface area contributed by atoms with Crippen LogP contribution in [0.4, 0.5) is 0 Å². The highest BCUT2D eigenvalue weighted by atomic mass is 16.5. The van der Waals surface area contributed by atoms with Gasteiger partial charge in [0, 0.05) is 12.1 Å². The van der Waals surface area contributed by atoms with Gasteiger partial charge in [0.25, 0.3) is 0 Å². The highest BCUT2D eigenvalue weighted by Gasteiger charge is 2.14. The Labute approximate surface area is 222 Å². The molecule has 0 aliphatic rings. The smallest absolute Gasteiger partial charge is 0.157 e. The lowest BCUT2D eigenvalue weighted by atomic mass is 10.0. The summed E-state index contributed by atoms with van der Waals surface area (Å²) in [5.74, 6) is 1.65. The maximum Gasteiger partial charge on any atom is 0.157 e. The first-order valence-electron chi connectivity index (χ1n) is 13.7. The fraction of sp³-hybridized carbons (Fsp3) is 0.533. The predicted molar refractivity (Wildman–Crippen MR) is 151 cm³/mol. The Hall–Kier alpha value is -3.22. The molecule has 0 spiro atoms. The number of phenolic OH excluding ortho intramolecular Hbond substituents is 2. The third-order valence-electron chi connectivity index (χ3n) is 6.76. The molecule has 7 heteroatoms. The Morgan fingerprint density at radius 1 is 0.811 bits per heavy atom. The zero-order valence-corrected chi connectivity index (χ0v) is 22.9. The van der Waals surface area contributed by atoms with Crippen LogP contribution in [0.2, 0.25) is 0 Å². The Balaban J connectivity index is 2.04. The van der Waals surface area contributed by atoms with Gasteiger partial charge in [-0.25, -0.2) is 4.99 Å². The summed E-state index contributed by atoms with van der Waals surface area (Å²) in [6.07, 6.45) is 9.00. The van der Waals surface area contributed by atoms with Gasteiger partial charge >= 0.3 is 0 Å². The molecule has 0 heterocycles. The monoisotopic (exact) mass is 511 g/mol. The normalized spacial score (nSPS) is 13.2. The van der Waals surface area contributed by atoms with E-state index in [1.165, 1.54) is 25.0 Å². The lowest BCUT2D eigenvalue weighted by Gasteiger charge is -2.16. The van der Waals surface area contributed by atoms with Gasteiger partial charge in [-0.2, -0.15) is 0 Å². The summed E-state index contributed by atoms with van der Waals surface area (Å²) < 4.78 is 11.8. The number of rotatable bonds is 16. The molecule has 2 atom stereocenters. The standard InChI is InChI=1S/C30H45N3O4/c1-5-9-11-21(7-3)19-36-23-13-15-25(27(34)17-23)29(31)33-30(32)26-16-14-24(18-28(26)35)37-20-22(8-4)12-10-6-2/h13-18,21-22,34-35H,5-12,19-20H2,1-4H3,(H3,31,32,33). The molecule has 7 nitrogen and oxygen atoms in total. The summed E-state index contributed by atoms with van der Waals surface area (Å²) in [5, 5.41) is 29.3. The molecule has 2 aromatic carbocycles. The maximum atomic E-state index is 10.5. The fourth-order valence-electron chi connectivity index (χ4n) is 4.08. The molecular formula is C30H45N3O4. The topological polar surface area (TPSA) is 121 Å². The van der Waals surface area contributed by atoms with E-state index in [9.17, 15) is 10.2 Å². The minimum Gasteiger partial charge on any atom is -0.507 e. The molecule has 204 valence electrons. The minimum absolute atomic E-state index is 0.0233. The van der Waals surface area contributed by atoms with Crippen LogP contribution >= 0.6 is 0 Å². The number of amidine groups is 2. The number of aliphatic imine (C=N–C) groups is 1. The Morgan fingerprint density at radius 3 is 1.68 bits per heavy atom. The van der Waals surface area contributed by atoms with Gasteiger partial charge in [-0.05, 0) is 48.9 Å². The second-order valence-electron chi connectivity index (χ2n) is 9.66. The number of ether oxygens (including phenoxy) is 2. The van der Waals surface area contributed by atoms with E-state index in [4.69, 9.17) is 20.6 Å². The van der Waals surface area contributed by atoms with Crippen molar-refractivity contribution in [1.29, 1.82) is 5.41 Å². The van der Waals surface area contributed by atoms with E-state index in [-0.39, 0.29) is 28.7 Å². The number of aromatic hydroxyl groups is 2. The van der Waals surface area contributed by atoms with Crippen LogP contribution in [0.15, 0.2) is 41.4 Å². The summed E-state index contributed by atoms with van der Waals surface area (Å²) in [6.45, 7) is 9.86. The largest absolute Gasteiger partial charge is 0.507 e. The predicted octanol–water partition coefficient (Wildman–Crippen LogP) is 7.02. The van der Waals surface area contributed by atoms with Crippen LogP contribution in [-0.2, 0) is 0 Å². The van der Waals surface area contributed by atoms with E-state index in [0.29, 0.717) is 42.1 Å². The summed E-state index contributed by atoms with van der Waals surface area (Å²) >= 11 is 0. The SMILES string of the molecule is CCCCC(CC)COc1ccc(C(=N)N=C(N)c2ccc(OCC(CC)CCCC)cc2O)c(O)c1. The summed E-state index contributed by atoms with van der Waals surface area (Å²) in [6, 6.07) is 9.69. The van der Waals surface area contributed by atoms with Crippen LogP contribution in [-0.4, -0.2) is 35.1 Å². The first kappa shape index (κ1) is 30.0. The first-order chi connectivity index (χ1) is 17.8. The number of phenols is 2. The van der Waals surface area contributed by atoms with Gasteiger partial charge in [0.1, 0.15) is 28.8 Å². The van der Waals surface area contributed by atoms with Gasteiger partial charge in [0.2, 0.25) is 0 Å². The van der Waals surface area contributed by atoms with Crippen molar-refractivity contribution in [2.24, 2.45) is 22.6 Å². The Kier molecular flexibility index (Phi) is 12.8. The minimum atomic E-state index is -0.211. The lowest BCUT2D eigenvalue weighted by Crippen LogP contribution is -2.16.